The van der Waals surface area contributed by atoms with E-state index in [4.69, 9.17) is 4.74 Å². The van der Waals surface area contributed by atoms with Crippen LogP contribution in [0.5, 0.6) is 0 Å². The van der Waals surface area contributed by atoms with Crippen LogP contribution in [-0.4, -0.2) is 72.5 Å². The fourth-order valence-corrected chi connectivity index (χ4v) is 2.98. The van der Waals surface area contributed by atoms with Crippen LogP contribution in [0.2, 0.25) is 0 Å². The second-order valence-corrected chi connectivity index (χ2v) is 6.86. The zero-order valence-corrected chi connectivity index (χ0v) is 15.4. The van der Waals surface area contributed by atoms with Crippen LogP contribution in [0.15, 0.2) is 36.5 Å². The molecule has 0 saturated carbocycles. The minimum absolute atomic E-state index is 0.0864. The molecule has 1 aromatic heterocycles. The fraction of sp³-hybridized carbons (Fsp3) is 0.474. The van der Waals surface area contributed by atoms with Crippen molar-refractivity contribution < 1.29 is 9.53 Å². The van der Waals surface area contributed by atoms with Crippen molar-refractivity contribution in [2.24, 2.45) is 0 Å². The van der Waals surface area contributed by atoms with E-state index in [1.807, 2.05) is 49.3 Å². The highest BCUT2D eigenvalue weighted by Crippen LogP contribution is 2.19. The molecule has 1 atom stereocenters. The molecule has 140 valence electrons. The number of hydrogen-bond donors (Lipinski definition) is 2. The largest absolute Gasteiger partial charge is 0.376 e. The van der Waals surface area contributed by atoms with Gasteiger partial charge in [0.1, 0.15) is 0 Å². The van der Waals surface area contributed by atoms with Crippen molar-refractivity contribution in [2.45, 2.75) is 18.9 Å². The molecule has 2 heterocycles. The molecule has 0 aliphatic carbocycles. The number of urea groups is 1. The molecule has 0 spiro atoms. The highest BCUT2D eigenvalue weighted by Gasteiger charge is 2.22. The predicted molar refractivity (Wildman–Crippen MR) is 102 cm³/mol. The van der Waals surface area contributed by atoms with Crippen LogP contribution in [-0.2, 0) is 4.74 Å². The molecule has 1 fully saturated rings. The topological polar surface area (TPSA) is 73.5 Å². The Labute approximate surface area is 154 Å². The Morgan fingerprint density at radius 2 is 2.08 bits per heavy atom. The number of nitrogens with zero attached hydrogens (tertiary/aromatic N) is 3. The smallest absolute Gasteiger partial charge is 0.321 e. The maximum Gasteiger partial charge on any atom is 0.321 e. The number of ether oxygens (including phenoxy) is 1. The molecule has 2 amide bonds. The Morgan fingerprint density at radius 3 is 2.69 bits per heavy atom. The van der Waals surface area contributed by atoms with Gasteiger partial charge in [-0.2, -0.15) is 5.10 Å². The van der Waals surface area contributed by atoms with Gasteiger partial charge in [0.15, 0.2) is 0 Å². The summed E-state index contributed by atoms with van der Waals surface area (Å²) in [4.78, 5) is 16.7. The lowest BCUT2D eigenvalue weighted by Gasteiger charge is -2.27. The third-order valence-electron chi connectivity index (χ3n) is 4.50. The van der Waals surface area contributed by atoms with Crippen LogP contribution in [0, 0.1) is 0 Å². The number of anilines is 1. The number of benzene rings is 1. The first-order chi connectivity index (χ1) is 12.6. The van der Waals surface area contributed by atoms with Crippen LogP contribution >= 0.6 is 0 Å². The van der Waals surface area contributed by atoms with Crippen molar-refractivity contribution in [3.8, 4) is 11.3 Å². The third-order valence-corrected chi connectivity index (χ3v) is 4.50. The number of rotatable bonds is 7. The lowest BCUT2D eigenvalue weighted by molar-refractivity contribution is 0.0820. The molecule has 1 aromatic carbocycles. The second-order valence-electron chi connectivity index (χ2n) is 6.86. The fourth-order valence-electron chi connectivity index (χ4n) is 2.98. The monoisotopic (exact) mass is 357 g/mol. The molecule has 1 saturated heterocycles. The van der Waals surface area contributed by atoms with Crippen LogP contribution in [0.3, 0.4) is 0 Å². The second kappa shape index (κ2) is 8.82. The van der Waals surface area contributed by atoms with Crippen molar-refractivity contribution in [1.29, 1.82) is 0 Å². The zero-order valence-electron chi connectivity index (χ0n) is 15.4. The maximum atomic E-state index is 12.8. The molecule has 7 heteroatoms. The molecule has 0 radical (unpaired) electrons. The van der Waals surface area contributed by atoms with Crippen molar-refractivity contribution in [3.63, 3.8) is 0 Å². The Morgan fingerprint density at radius 1 is 1.27 bits per heavy atom. The molecule has 7 nitrogen and oxygen atoms in total. The number of hydrogen-bond acceptors (Lipinski definition) is 4. The van der Waals surface area contributed by atoms with Crippen LogP contribution in [0.25, 0.3) is 11.3 Å². The Bertz CT molecular complexity index is 678. The van der Waals surface area contributed by atoms with Crippen molar-refractivity contribution in [3.05, 3.63) is 36.5 Å². The van der Waals surface area contributed by atoms with Gasteiger partial charge in [0, 0.05) is 38.1 Å². The number of carbonyl (C=O) groups excluding carboxylic acids is 1. The van der Waals surface area contributed by atoms with E-state index in [2.05, 4.69) is 20.4 Å². The summed E-state index contributed by atoms with van der Waals surface area (Å²) < 4.78 is 5.70. The Balaban J connectivity index is 1.61. The molecule has 1 aliphatic rings. The summed E-state index contributed by atoms with van der Waals surface area (Å²) in [5.41, 5.74) is 2.76. The standard InChI is InChI=1S/C19H27N5O2/c1-23(2)11-12-24(14-17-4-3-13-26-17)19(25)21-16-7-5-15(6-8-16)18-9-10-20-22-18/h5-10,17H,3-4,11-14H2,1-2H3,(H,20,22)(H,21,25)/t17-/m1/s1. The third kappa shape index (κ3) is 5.06. The predicted octanol–water partition coefficient (Wildman–Crippen LogP) is 2.65. The van der Waals surface area contributed by atoms with Gasteiger partial charge >= 0.3 is 6.03 Å². The van der Waals surface area contributed by atoms with E-state index in [0.29, 0.717) is 13.1 Å². The van der Waals surface area contributed by atoms with Crippen molar-refractivity contribution in [2.75, 3.05) is 45.7 Å². The van der Waals surface area contributed by atoms with E-state index in [1.165, 1.54) is 0 Å². The Hall–Kier alpha value is -2.38. The first-order valence-electron chi connectivity index (χ1n) is 9.04. The van der Waals surface area contributed by atoms with Gasteiger partial charge in [-0.3, -0.25) is 5.10 Å². The number of nitrogens with one attached hydrogen (secondary N) is 2. The normalized spacial score (nSPS) is 16.8. The quantitative estimate of drug-likeness (QED) is 0.799. The molecule has 2 N–H and O–H groups in total. The minimum atomic E-state index is -0.0864. The molecule has 3 rings (SSSR count). The van der Waals surface area contributed by atoms with Gasteiger partial charge in [-0.1, -0.05) is 12.1 Å². The van der Waals surface area contributed by atoms with E-state index in [9.17, 15) is 4.79 Å². The summed E-state index contributed by atoms with van der Waals surface area (Å²) >= 11 is 0. The first kappa shape index (κ1) is 18.4. The van der Waals surface area contributed by atoms with Gasteiger partial charge in [0.2, 0.25) is 0 Å². The van der Waals surface area contributed by atoms with E-state index >= 15 is 0 Å². The lowest BCUT2D eigenvalue weighted by Crippen LogP contribution is -2.43. The number of amides is 2. The average Bonchev–Trinajstić information content (AvgIpc) is 3.33. The van der Waals surface area contributed by atoms with Gasteiger partial charge in [-0.25, -0.2) is 4.79 Å². The van der Waals surface area contributed by atoms with E-state index < -0.39 is 0 Å². The van der Waals surface area contributed by atoms with Gasteiger partial charge < -0.3 is 19.9 Å². The molecule has 2 aromatic rings. The highest BCUT2D eigenvalue weighted by atomic mass is 16.5. The van der Waals surface area contributed by atoms with Gasteiger partial charge in [-0.15, -0.1) is 0 Å². The highest BCUT2D eigenvalue weighted by molar-refractivity contribution is 5.89. The number of carbonyl (C=O) groups is 1. The molecule has 0 bridgehead atoms. The zero-order chi connectivity index (χ0) is 18.4. The van der Waals surface area contributed by atoms with E-state index in [-0.39, 0.29) is 12.1 Å². The minimum Gasteiger partial charge on any atom is -0.376 e. The lowest BCUT2D eigenvalue weighted by atomic mass is 10.1. The number of aromatic nitrogens is 2. The molecular weight excluding hydrogens is 330 g/mol. The summed E-state index contributed by atoms with van der Waals surface area (Å²) in [5, 5.41) is 9.89. The maximum absolute atomic E-state index is 12.8. The first-order valence-corrected chi connectivity index (χ1v) is 9.04. The summed E-state index contributed by atoms with van der Waals surface area (Å²) in [7, 11) is 4.02. The van der Waals surface area contributed by atoms with Gasteiger partial charge in [-0.05, 0) is 50.7 Å². The summed E-state index contributed by atoms with van der Waals surface area (Å²) in [6.45, 7) is 2.92. The van der Waals surface area contributed by atoms with Crippen LogP contribution < -0.4 is 5.32 Å². The molecule has 26 heavy (non-hydrogen) atoms. The SMILES string of the molecule is CN(C)CCN(C[C@H]1CCCO1)C(=O)Nc1ccc(-c2ccn[nH]2)cc1. The average molecular weight is 357 g/mol. The number of aromatic amines is 1. The number of H-pyrrole nitrogens is 1. The summed E-state index contributed by atoms with van der Waals surface area (Å²) in [6.07, 6.45) is 3.96. The summed E-state index contributed by atoms with van der Waals surface area (Å²) in [6, 6.07) is 9.57. The van der Waals surface area contributed by atoms with E-state index in [1.54, 1.807) is 6.20 Å². The van der Waals surface area contributed by atoms with Crippen LogP contribution in [0.1, 0.15) is 12.8 Å². The summed E-state index contributed by atoms with van der Waals surface area (Å²) in [5.74, 6) is 0. The van der Waals surface area contributed by atoms with Gasteiger partial charge in [0.25, 0.3) is 0 Å². The van der Waals surface area contributed by atoms with Crippen LogP contribution in [0.4, 0.5) is 10.5 Å². The molecule has 1 aliphatic heterocycles. The van der Waals surface area contributed by atoms with Crippen molar-refractivity contribution >= 4 is 11.7 Å². The number of likely N-dealkylation sites (N-methyl/N-ethyl adjacent to an activating group) is 1. The molecule has 0 unspecified atom stereocenters. The Kier molecular flexibility index (Phi) is 6.25. The van der Waals surface area contributed by atoms with Crippen molar-refractivity contribution in [1.82, 2.24) is 20.0 Å². The van der Waals surface area contributed by atoms with E-state index in [0.717, 1.165) is 42.9 Å². The molecular formula is C19H27N5O2. The van der Waals surface area contributed by atoms with Gasteiger partial charge in [0.05, 0.1) is 11.8 Å².